The number of nitrogens with two attached hydrogens (primary N) is 1. The molecule has 96 valence electrons. The van der Waals surface area contributed by atoms with Crippen molar-refractivity contribution in [3.8, 4) is 0 Å². The second kappa shape index (κ2) is 5.68. The molecule has 0 aliphatic heterocycles. The van der Waals surface area contributed by atoms with Crippen LogP contribution in [0.25, 0.3) is 0 Å². The largest absolute Gasteiger partial charge is 0.399 e. The third-order valence-corrected chi connectivity index (χ3v) is 4.23. The average molecular weight is 279 g/mol. The van der Waals surface area contributed by atoms with Gasteiger partial charge in [0.15, 0.2) is 0 Å². The normalized spacial score (nSPS) is 13.6. The van der Waals surface area contributed by atoms with Gasteiger partial charge in [0.25, 0.3) is 0 Å². The van der Waals surface area contributed by atoms with Crippen molar-refractivity contribution in [2.75, 3.05) is 12.3 Å². The van der Waals surface area contributed by atoms with E-state index in [1.165, 1.54) is 18.2 Å². The highest BCUT2D eigenvalue weighted by molar-refractivity contribution is 7.89. The number of sulfonamides is 1. The number of benzene rings is 1. The molecule has 0 heterocycles. The minimum absolute atomic E-state index is 0.0519. The first-order chi connectivity index (χ1) is 7.86. The smallest absolute Gasteiger partial charge is 0.242 e. The zero-order valence-corrected chi connectivity index (χ0v) is 10.9. The molecule has 1 unspecified atom stereocenters. The molecule has 0 bridgehead atoms. The van der Waals surface area contributed by atoms with Gasteiger partial charge in [0.2, 0.25) is 10.0 Å². The molecule has 0 saturated heterocycles. The molecular formula is C10H15ClN2O3S. The van der Waals surface area contributed by atoms with Crippen LogP contribution in [-0.2, 0) is 10.0 Å². The molecule has 0 aliphatic rings. The van der Waals surface area contributed by atoms with Gasteiger partial charge in [-0.15, -0.1) is 0 Å². The Morgan fingerprint density at radius 1 is 1.53 bits per heavy atom. The monoisotopic (exact) mass is 278 g/mol. The molecule has 1 aromatic carbocycles. The lowest BCUT2D eigenvalue weighted by Gasteiger charge is -2.14. The molecule has 0 spiro atoms. The van der Waals surface area contributed by atoms with Gasteiger partial charge in [-0.05, 0) is 31.5 Å². The number of nitrogen functional groups attached to an aromatic ring is 1. The van der Waals surface area contributed by atoms with Crippen molar-refractivity contribution in [1.29, 1.82) is 0 Å². The number of rotatable bonds is 5. The lowest BCUT2D eigenvalue weighted by Crippen LogP contribution is -2.33. The SMILES string of the molecule is CC(CCO)NS(=O)(=O)c1cc(N)ccc1Cl. The maximum Gasteiger partial charge on any atom is 0.242 e. The maximum atomic E-state index is 12.0. The van der Waals surface area contributed by atoms with Crippen LogP contribution in [0.2, 0.25) is 5.02 Å². The number of halogens is 1. The Morgan fingerprint density at radius 3 is 2.76 bits per heavy atom. The predicted molar refractivity (Wildman–Crippen MR) is 67.4 cm³/mol. The molecule has 1 rings (SSSR count). The van der Waals surface area contributed by atoms with Crippen molar-refractivity contribution in [2.24, 2.45) is 0 Å². The first-order valence-electron chi connectivity index (χ1n) is 5.05. The number of nitrogens with one attached hydrogen (secondary N) is 1. The van der Waals surface area contributed by atoms with E-state index in [1.807, 2.05) is 0 Å². The Bertz CT molecular complexity index is 490. The maximum absolute atomic E-state index is 12.0. The second-order valence-electron chi connectivity index (χ2n) is 3.72. The van der Waals surface area contributed by atoms with E-state index in [0.29, 0.717) is 12.1 Å². The van der Waals surface area contributed by atoms with E-state index >= 15 is 0 Å². The summed E-state index contributed by atoms with van der Waals surface area (Å²) in [6, 6.07) is 3.89. The quantitative estimate of drug-likeness (QED) is 0.700. The summed E-state index contributed by atoms with van der Waals surface area (Å²) in [5.41, 5.74) is 5.85. The standard InChI is InChI=1S/C10H15ClN2O3S/c1-7(4-5-14)13-17(15,16)10-6-8(12)2-3-9(10)11/h2-3,6-7,13-14H,4-5,12H2,1H3. The summed E-state index contributed by atoms with van der Waals surface area (Å²) in [5.74, 6) is 0. The summed E-state index contributed by atoms with van der Waals surface area (Å²) in [6.07, 6.45) is 0.333. The van der Waals surface area contributed by atoms with Crippen molar-refractivity contribution < 1.29 is 13.5 Å². The van der Waals surface area contributed by atoms with Gasteiger partial charge in [0.1, 0.15) is 4.90 Å². The van der Waals surface area contributed by atoms with Crippen LogP contribution in [0.4, 0.5) is 5.69 Å². The second-order valence-corrected chi connectivity index (χ2v) is 5.81. The van der Waals surface area contributed by atoms with E-state index in [2.05, 4.69) is 4.72 Å². The number of hydrogen-bond donors (Lipinski definition) is 3. The van der Waals surface area contributed by atoms with Crippen LogP contribution in [0.1, 0.15) is 13.3 Å². The number of aliphatic hydroxyl groups excluding tert-OH is 1. The van der Waals surface area contributed by atoms with Crippen LogP contribution >= 0.6 is 11.6 Å². The fourth-order valence-corrected chi connectivity index (χ4v) is 3.12. The summed E-state index contributed by atoms with van der Waals surface area (Å²) in [5, 5.41) is 8.84. The molecule has 1 atom stereocenters. The molecular weight excluding hydrogens is 264 g/mol. The number of hydrogen-bond acceptors (Lipinski definition) is 4. The van der Waals surface area contributed by atoms with Gasteiger partial charge in [-0.2, -0.15) is 0 Å². The summed E-state index contributed by atoms with van der Waals surface area (Å²) in [4.78, 5) is -0.0519. The van der Waals surface area contributed by atoms with Gasteiger partial charge < -0.3 is 10.8 Å². The molecule has 17 heavy (non-hydrogen) atoms. The van der Waals surface area contributed by atoms with Crippen molar-refractivity contribution in [3.63, 3.8) is 0 Å². The van der Waals surface area contributed by atoms with E-state index < -0.39 is 10.0 Å². The van der Waals surface area contributed by atoms with Gasteiger partial charge in [0.05, 0.1) is 5.02 Å². The highest BCUT2D eigenvalue weighted by atomic mass is 35.5. The molecule has 0 aromatic heterocycles. The van der Waals surface area contributed by atoms with E-state index in [9.17, 15) is 8.42 Å². The van der Waals surface area contributed by atoms with Crippen molar-refractivity contribution in [1.82, 2.24) is 4.72 Å². The number of anilines is 1. The Kier molecular flexibility index (Phi) is 4.76. The zero-order chi connectivity index (χ0) is 13.1. The van der Waals surface area contributed by atoms with Crippen LogP contribution in [0.3, 0.4) is 0 Å². The van der Waals surface area contributed by atoms with Crippen LogP contribution in [0, 0.1) is 0 Å². The van der Waals surface area contributed by atoms with Crippen molar-refractivity contribution in [3.05, 3.63) is 23.2 Å². The third kappa shape index (κ3) is 3.85. The lowest BCUT2D eigenvalue weighted by atomic mass is 10.3. The fourth-order valence-electron chi connectivity index (χ4n) is 1.31. The van der Waals surface area contributed by atoms with Gasteiger partial charge >= 0.3 is 0 Å². The van der Waals surface area contributed by atoms with Crippen molar-refractivity contribution in [2.45, 2.75) is 24.3 Å². The summed E-state index contributed by atoms with van der Waals surface area (Å²) < 4.78 is 26.3. The van der Waals surface area contributed by atoms with Gasteiger partial charge in [-0.1, -0.05) is 11.6 Å². The minimum atomic E-state index is -3.71. The van der Waals surface area contributed by atoms with Crippen LogP contribution in [-0.4, -0.2) is 26.2 Å². The van der Waals surface area contributed by atoms with Crippen LogP contribution < -0.4 is 10.5 Å². The van der Waals surface area contributed by atoms with E-state index in [1.54, 1.807) is 6.92 Å². The topological polar surface area (TPSA) is 92.4 Å². The summed E-state index contributed by atoms with van der Waals surface area (Å²) in [7, 11) is -3.71. The molecule has 5 nitrogen and oxygen atoms in total. The molecule has 0 radical (unpaired) electrons. The zero-order valence-electron chi connectivity index (χ0n) is 9.35. The van der Waals surface area contributed by atoms with Crippen molar-refractivity contribution >= 4 is 27.3 Å². The summed E-state index contributed by atoms with van der Waals surface area (Å²) in [6.45, 7) is 1.57. The highest BCUT2D eigenvalue weighted by Gasteiger charge is 2.20. The molecule has 0 amide bonds. The lowest BCUT2D eigenvalue weighted by molar-refractivity contribution is 0.275. The molecule has 0 aliphatic carbocycles. The van der Waals surface area contributed by atoms with Crippen LogP contribution in [0.5, 0.6) is 0 Å². The highest BCUT2D eigenvalue weighted by Crippen LogP contribution is 2.23. The minimum Gasteiger partial charge on any atom is -0.399 e. The molecule has 0 fully saturated rings. The van der Waals surface area contributed by atoms with Gasteiger partial charge in [-0.3, -0.25) is 0 Å². The van der Waals surface area contributed by atoms with E-state index in [4.69, 9.17) is 22.4 Å². The Hall–Kier alpha value is -0.820. The fraction of sp³-hybridized carbons (Fsp3) is 0.400. The summed E-state index contributed by atoms with van der Waals surface area (Å²) >= 11 is 5.82. The number of aliphatic hydroxyl groups is 1. The molecule has 4 N–H and O–H groups in total. The predicted octanol–water partition coefficient (Wildman–Crippen LogP) is 0.971. The third-order valence-electron chi connectivity index (χ3n) is 2.16. The molecule has 1 aromatic rings. The Morgan fingerprint density at radius 2 is 2.18 bits per heavy atom. The average Bonchev–Trinajstić information content (AvgIpc) is 2.21. The molecule has 0 saturated carbocycles. The Labute approximate surface area is 106 Å². The van der Waals surface area contributed by atoms with E-state index in [0.717, 1.165) is 0 Å². The van der Waals surface area contributed by atoms with Gasteiger partial charge in [0, 0.05) is 18.3 Å². The first-order valence-corrected chi connectivity index (χ1v) is 6.91. The van der Waals surface area contributed by atoms with Gasteiger partial charge in [-0.25, -0.2) is 13.1 Å². The molecule has 7 heteroatoms. The Balaban J connectivity index is 3.01. The van der Waals surface area contributed by atoms with Crippen LogP contribution in [0.15, 0.2) is 23.1 Å². The van der Waals surface area contributed by atoms with E-state index in [-0.39, 0.29) is 22.6 Å². The first kappa shape index (κ1) is 14.2.